The highest BCUT2D eigenvalue weighted by atomic mass is 16.2. The molecular formula is C16H17N5O. The summed E-state index contributed by atoms with van der Waals surface area (Å²) in [7, 11) is 1.90. The highest BCUT2D eigenvalue weighted by Gasteiger charge is 2.06. The summed E-state index contributed by atoms with van der Waals surface area (Å²) in [6.07, 6.45) is 4.23. The zero-order valence-corrected chi connectivity index (χ0v) is 12.3. The van der Waals surface area contributed by atoms with Crippen molar-refractivity contribution in [1.82, 2.24) is 19.9 Å². The molecule has 2 aromatic heterocycles. The molecule has 0 radical (unpaired) electrons. The van der Waals surface area contributed by atoms with Crippen molar-refractivity contribution in [2.24, 2.45) is 7.05 Å². The fourth-order valence-electron chi connectivity index (χ4n) is 2.22. The molecule has 3 aromatic rings. The minimum absolute atomic E-state index is 0.277. The standard InChI is InChI=1S/C16H17N5O/c1-21-10-8-13-15(21)18-11-14(19-13)20-16(22)17-9-7-12-5-3-2-4-6-12/h2-6,8,10-11H,7,9H2,1H3,(H2,17,19,20,22). The van der Waals surface area contributed by atoms with Crippen LogP contribution in [0.25, 0.3) is 11.2 Å². The highest BCUT2D eigenvalue weighted by Crippen LogP contribution is 2.12. The van der Waals surface area contributed by atoms with E-state index < -0.39 is 0 Å². The van der Waals surface area contributed by atoms with Gasteiger partial charge in [0.2, 0.25) is 0 Å². The van der Waals surface area contributed by atoms with Gasteiger partial charge in [-0.25, -0.2) is 14.8 Å². The van der Waals surface area contributed by atoms with Crippen LogP contribution in [0.1, 0.15) is 5.56 Å². The molecule has 6 nitrogen and oxygen atoms in total. The Morgan fingerprint density at radius 1 is 1.23 bits per heavy atom. The lowest BCUT2D eigenvalue weighted by Crippen LogP contribution is -2.30. The van der Waals surface area contributed by atoms with Crippen LogP contribution in [-0.2, 0) is 13.5 Å². The lowest BCUT2D eigenvalue weighted by Gasteiger charge is -2.07. The predicted octanol–water partition coefficient (Wildman–Crippen LogP) is 2.33. The van der Waals surface area contributed by atoms with Crippen LogP contribution in [0.3, 0.4) is 0 Å². The third-order valence-electron chi connectivity index (χ3n) is 3.35. The van der Waals surface area contributed by atoms with E-state index in [2.05, 4.69) is 20.6 Å². The molecular weight excluding hydrogens is 278 g/mol. The molecule has 0 spiro atoms. The van der Waals surface area contributed by atoms with Crippen LogP contribution in [0.4, 0.5) is 10.6 Å². The van der Waals surface area contributed by atoms with Gasteiger partial charge >= 0.3 is 6.03 Å². The van der Waals surface area contributed by atoms with Gasteiger partial charge in [0.1, 0.15) is 5.52 Å². The molecule has 1 aromatic carbocycles. The zero-order valence-electron chi connectivity index (χ0n) is 12.3. The molecule has 0 bridgehead atoms. The Bertz CT molecular complexity index is 782. The number of hydrogen-bond donors (Lipinski definition) is 2. The van der Waals surface area contributed by atoms with Crippen molar-refractivity contribution in [3.8, 4) is 0 Å². The van der Waals surface area contributed by atoms with Crippen LogP contribution in [0, 0.1) is 0 Å². The summed E-state index contributed by atoms with van der Waals surface area (Å²) in [6, 6.07) is 11.6. The van der Waals surface area contributed by atoms with Crippen LogP contribution in [0.15, 0.2) is 48.8 Å². The molecule has 0 fully saturated rings. The third-order valence-corrected chi connectivity index (χ3v) is 3.35. The lowest BCUT2D eigenvalue weighted by molar-refractivity contribution is 0.252. The molecule has 2 N–H and O–H groups in total. The predicted molar refractivity (Wildman–Crippen MR) is 85.7 cm³/mol. The first-order chi connectivity index (χ1) is 10.7. The number of rotatable bonds is 4. The average Bonchev–Trinajstić information content (AvgIpc) is 2.89. The number of nitrogens with zero attached hydrogens (tertiary/aromatic N) is 3. The van der Waals surface area contributed by atoms with Gasteiger partial charge in [-0.15, -0.1) is 0 Å². The molecule has 2 heterocycles. The van der Waals surface area contributed by atoms with Gasteiger partial charge in [-0.2, -0.15) is 0 Å². The number of fused-ring (bicyclic) bond motifs is 1. The van der Waals surface area contributed by atoms with Gasteiger partial charge in [0, 0.05) is 19.8 Å². The molecule has 22 heavy (non-hydrogen) atoms. The monoisotopic (exact) mass is 295 g/mol. The van der Waals surface area contributed by atoms with E-state index in [1.165, 1.54) is 5.56 Å². The lowest BCUT2D eigenvalue weighted by atomic mass is 10.1. The maximum Gasteiger partial charge on any atom is 0.320 e. The summed E-state index contributed by atoms with van der Waals surface area (Å²) in [5.41, 5.74) is 2.73. The van der Waals surface area contributed by atoms with Crippen molar-refractivity contribution in [1.29, 1.82) is 0 Å². The summed E-state index contributed by atoms with van der Waals surface area (Å²) < 4.78 is 1.88. The van der Waals surface area contributed by atoms with Crippen molar-refractivity contribution >= 4 is 23.0 Å². The number of carbonyl (C=O) groups is 1. The van der Waals surface area contributed by atoms with Gasteiger partial charge in [0.25, 0.3) is 0 Å². The SMILES string of the molecule is Cn1ccc2nc(NC(=O)NCCc3ccccc3)cnc21. The van der Waals surface area contributed by atoms with E-state index in [9.17, 15) is 4.79 Å². The van der Waals surface area contributed by atoms with E-state index in [0.717, 1.165) is 17.6 Å². The summed E-state index contributed by atoms with van der Waals surface area (Å²) in [5, 5.41) is 5.51. The molecule has 0 aliphatic heterocycles. The van der Waals surface area contributed by atoms with Gasteiger partial charge in [0.15, 0.2) is 11.5 Å². The maximum absolute atomic E-state index is 11.8. The molecule has 0 aliphatic rings. The Balaban J connectivity index is 1.54. The number of aromatic nitrogens is 3. The van der Waals surface area contributed by atoms with Gasteiger partial charge in [0.05, 0.1) is 6.20 Å². The molecule has 3 rings (SSSR count). The van der Waals surface area contributed by atoms with Crippen molar-refractivity contribution in [2.45, 2.75) is 6.42 Å². The second kappa shape index (κ2) is 6.26. The molecule has 2 amide bonds. The summed E-state index contributed by atoms with van der Waals surface area (Å²) >= 11 is 0. The van der Waals surface area contributed by atoms with Gasteiger partial charge < -0.3 is 9.88 Å². The number of benzene rings is 1. The quantitative estimate of drug-likeness (QED) is 0.776. The van der Waals surface area contributed by atoms with Crippen LogP contribution in [0.5, 0.6) is 0 Å². The van der Waals surface area contributed by atoms with Crippen LogP contribution < -0.4 is 10.6 Å². The molecule has 6 heteroatoms. The number of urea groups is 1. The molecule has 0 saturated carbocycles. The van der Waals surface area contributed by atoms with Crippen LogP contribution >= 0.6 is 0 Å². The van der Waals surface area contributed by atoms with E-state index in [-0.39, 0.29) is 6.03 Å². The Labute approximate surface area is 128 Å². The third kappa shape index (κ3) is 3.22. The van der Waals surface area contributed by atoms with E-state index >= 15 is 0 Å². The first kappa shape index (κ1) is 14.1. The van der Waals surface area contributed by atoms with Crippen molar-refractivity contribution in [3.05, 3.63) is 54.4 Å². The van der Waals surface area contributed by atoms with Gasteiger partial charge in [-0.3, -0.25) is 5.32 Å². The Hall–Kier alpha value is -2.89. The molecule has 0 aliphatic carbocycles. The first-order valence-electron chi connectivity index (χ1n) is 7.09. The molecule has 0 atom stereocenters. The van der Waals surface area contributed by atoms with E-state index in [1.54, 1.807) is 6.20 Å². The minimum Gasteiger partial charge on any atom is -0.337 e. The molecule has 0 saturated heterocycles. The van der Waals surface area contributed by atoms with Crippen molar-refractivity contribution < 1.29 is 4.79 Å². The number of carbonyl (C=O) groups excluding carboxylic acids is 1. The number of amides is 2. The second-order valence-corrected chi connectivity index (χ2v) is 5.01. The number of nitrogens with one attached hydrogen (secondary N) is 2. The highest BCUT2D eigenvalue weighted by molar-refractivity contribution is 5.89. The van der Waals surface area contributed by atoms with Crippen LogP contribution in [0.2, 0.25) is 0 Å². The minimum atomic E-state index is -0.277. The fraction of sp³-hybridized carbons (Fsp3) is 0.188. The van der Waals surface area contributed by atoms with E-state index in [4.69, 9.17) is 0 Å². The summed E-state index contributed by atoms with van der Waals surface area (Å²) in [5.74, 6) is 0.441. The Morgan fingerprint density at radius 3 is 2.86 bits per heavy atom. The number of aryl methyl sites for hydroxylation is 1. The van der Waals surface area contributed by atoms with Crippen molar-refractivity contribution in [2.75, 3.05) is 11.9 Å². The van der Waals surface area contributed by atoms with Gasteiger partial charge in [-0.1, -0.05) is 30.3 Å². The van der Waals surface area contributed by atoms with Crippen LogP contribution in [-0.4, -0.2) is 27.1 Å². The fourth-order valence-corrected chi connectivity index (χ4v) is 2.22. The average molecular weight is 295 g/mol. The first-order valence-corrected chi connectivity index (χ1v) is 7.09. The van der Waals surface area contributed by atoms with Crippen molar-refractivity contribution in [3.63, 3.8) is 0 Å². The normalized spacial score (nSPS) is 10.6. The Kier molecular flexibility index (Phi) is 4.00. The number of anilines is 1. The zero-order chi connectivity index (χ0) is 15.4. The van der Waals surface area contributed by atoms with E-state index in [0.29, 0.717) is 12.4 Å². The maximum atomic E-state index is 11.8. The van der Waals surface area contributed by atoms with Gasteiger partial charge in [-0.05, 0) is 18.1 Å². The molecule has 0 unspecified atom stereocenters. The topological polar surface area (TPSA) is 71.8 Å². The number of hydrogen-bond acceptors (Lipinski definition) is 3. The second-order valence-electron chi connectivity index (χ2n) is 5.01. The smallest absolute Gasteiger partial charge is 0.320 e. The summed E-state index contributed by atoms with van der Waals surface area (Å²) in [4.78, 5) is 20.5. The molecule has 112 valence electrons. The summed E-state index contributed by atoms with van der Waals surface area (Å²) in [6.45, 7) is 0.566. The van der Waals surface area contributed by atoms with E-state index in [1.807, 2.05) is 54.2 Å². The Morgan fingerprint density at radius 2 is 2.05 bits per heavy atom. The largest absolute Gasteiger partial charge is 0.337 e.